The van der Waals surface area contributed by atoms with Gasteiger partial charge in [0.2, 0.25) is 0 Å². The van der Waals surface area contributed by atoms with Gasteiger partial charge in [-0.3, -0.25) is 9.78 Å². The lowest BCUT2D eigenvalue weighted by atomic mass is 9.96. The molecule has 0 amide bonds. The lowest BCUT2D eigenvalue weighted by Gasteiger charge is -2.10. The van der Waals surface area contributed by atoms with Crippen LogP contribution in [0.15, 0.2) is 42.9 Å². The molecule has 3 aromatic rings. The lowest BCUT2D eigenvalue weighted by molar-refractivity contribution is 0.0604. The maximum atomic E-state index is 12.2. The van der Waals surface area contributed by atoms with Crippen molar-refractivity contribution in [3.63, 3.8) is 0 Å². The molecule has 0 aliphatic heterocycles. The quantitative estimate of drug-likeness (QED) is 0.591. The number of nitrogens with zero attached hydrogens (tertiary/aromatic N) is 1. The number of hydrogen-bond donors (Lipinski definition) is 1. The van der Waals surface area contributed by atoms with Crippen LogP contribution in [0.25, 0.3) is 22.0 Å². The number of carbonyl (C=O) groups excluding carboxylic acids is 2. The zero-order valence-electron chi connectivity index (χ0n) is 11.3. The number of carbonyl (C=O) groups is 2. The largest absolute Gasteiger partial charge is 0.465 e. The summed E-state index contributed by atoms with van der Waals surface area (Å²) in [4.78, 5) is 30.5. The molecule has 0 saturated carbocycles. The van der Waals surface area contributed by atoms with E-state index < -0.39 is 5.97 Å². The van der Waals surface area contributed by atoms with Crippen molar-refractivity contribution >= 4 is 23.2 Å². The highest BCUT2D eigenvalue weighted by Gasteiger charge is 2.20. The van der Waals surface area contributed by atoms with Crippen molar-refractivity contribution in [2.24, 2.45) is 0 Å². The average Bonchev–Trinajstić information content (AvgIpc) is 2.97. The number of aldehydes is 1. The molecule has 5 nitrogen and oxygen atoms in total. The first-order chi connectivity index (χ1) is 10.3. The van der Waals surface area contributed by atoms with Gasteiger partial charge in [-0.15, -0.1) is 0 Å². The second-order valence-corrected chi connectivity index (χ2v) is 4.51. The second-order valence-electron chi connectivity index (χ2n) is 4.51. The Morgan fingerprint density at radius 2 is 2.19 bits per heavy atom. The summed E-state index contributed by atoms with van der Waals surface area (Å²) < 4.78 is 4.89. The van der Waals surface area contributed by atoms with Crippen LogP contribution in [0.2, 0.25) is 0 Å². The van der Waals surface area contributed by atoms with E-state index in [2.05, 4.69) is 9.97 Å². The Labute approximate surface area is 120 Å². The summed E-state index contributed by atoms with van der Waals surface area (Å²) in [6.07, 6.45) is 5.63. The molecule has 2 aromatic heterocycles. The molecule has 0 saturated heterocycles. The van der Waals surface area contributed by atoms with Crippen molar-refractivity contribution in [2.75, 3.05) is 7.11 Å². The Balaban J connectivity index is 2.39. The van der Waals surface area contributed by atoms with Crippen molar-refractivity contribution in [2.45, 2.75) is 0 Å². The van der Waals surface area contributed by atoms with Gasteiger partial charge in [0.15, 0.2) is 6.29 Å². The molecular formula is C16H12N2O3. The van der Waals surface area contributed by atoms with E-state index in [1.54, 1.807) is 24.7 Å². The average molecular weight is 280 g/mol. The van der Waals surface area contributed by atoms with Crippen LogP contribution in [0.1, 0.15) is 20.7 Å². The molecule has 0 aliphatic carbocycles. The number of aromatic amines is 1. The number of ether oxygens (including phenoxy) is 1. The summed E-state index contributed by atoms with van der Waals surface area (Å²) in [5, 5.41) is 0.568. The number of benzene rings is 1. The highest BCUT2D eigenvalue weighted by atomic mass is 16.5. The number of aromatic nitrogens is 2. The normalized spacial score (nSPS) is 10.5. The van der Waals surface area contributed by atoms with Gasteiger partial charge in [0.1, 0.15) is 0 Å². The van der Waals surface area contributed by atoms with Crippen molar-refractivity contribution < 1.29 is 14.3 Å². The van der Waals surface area contributed by atoms with Gasteiger partial charge in [-0.1, -0.05) is 12.1 Å². The third-order valence-electron chi connectivity index (χ3n) is 3.37. The van der Waals surface area contributed by atoms with Crippen LogP contribution in [-0.2, 0) is 4.74 Å². The van der Waals surface area contributed by atoms with Gasteiger partial charge in [0, 0.05) is 40.6 Å². The molecule has 3 rings (SSSR count). The van der Waals surface area contributed by atoms with Gasteiger partial charge in [0.25, 0.3) is 0 Å². The molecule has 1 N–H and O–H groups in total. The third kappa shape index (κ3) is 2.08. The Morgan fingerprint density at radius 3 is 2.86 bits per heavy atom. The zero-order valence-corrected chi connectivity index (χ0v) is 11.3. The van der Waals surface area contributed by atoms with Gasteiger partial charge in [-0.2, -0.15) is 0 Å². The Hall–Kier alpha value is -2.95. The number of methoxy groups -OCH3 is 1. The molecule has 0 unspecified atom stereocenters. The highest BCUT2D eigenvalue weighted by Crippen LogP contribution is 2.32. The maximum Gasteiger partial charge on any atom is 0.339 e. The van der Waals surface area contributed by atoms with E-state index in [0.717, 1.165) is 11.8 Å². The molecule has 104 valence electrons. The molecule has 0 bridgehead atoms. The van der Waals surface area contributed by atoms with Crippen molar-refractivity contribution in [1.29, 1.82) is 0 Å². The van der Waals surface area contributed by atoms with E-state index in [4.69, 9.17) is 4.74 Å². The molecule has 21 heavy (non-hydrogen) atoms. The van der Waals surface area contributed by atoms with Crippen LogP contribution >= 0.6 is 0 Å². The number of rotatable bonds is 3. The Kier molecular flexibility index (Phi) is 3.23. The summed E-state index contributed by atoms with van der Waals surface area (Å²) in [5.41, 5.74) is 2.98. The zero-order chi connectivity index (χ0) is 14.8. The van der Waals surface area contributed by atoms with Crippen LogP contribution in [0.3, 0.4) is 0 Å². The standard InChI is InChI=1S/C16H12N2O3/c1-21-16(20)15-12(10-3-2-6-17-7-10)4-5-13-14(15)11(9-19)8-18-13/h2-9,18H,1H3. The Morgan fingerprint density at radius 1 is 1.33 bits per heavy atom. The first-order valence-electron chi connectivity index (χ1n) is 6.34. The predicted octanol–water partition coefficient (Wildman–Crippen LogP) is 2.83. The first kappa shape index (κ1) is 13.1. The SMILES string of the molecule is COC(=O)c1c(-c2cccnc2)ccc2[nH]cc(C=O)c12. The summed E-state index contributed by atoms with van der Waals surface area (Å²) in [6.45, 7) is 0. The molecule has 2 heterocycles. The van der Waals surface area contributed by atoms with Crippen molar-refractivity contribution in [3.05, 3.63) is 54.0 Å². The number of hydrogen-bond acceptors (Lipinski definition) is 4. The van der Waals surface area contributed by atoms with Crippen LogP contribution in [0.4, 0.5) is 0 Å². The fraction of sp³-hybridized carbons (Fsp3) is 0.0625. The van der Waals surface area contributed by atoms with Crippen LogP contribution in [-0.4, -0.2) is 29.3 Å². The van der Waals surface area contributed by atoms with Gasteiger partial charge in [0.05, 0.1) is 12.7 Å². The van der Waals surface area contributed by atoms with Gasteiger partial charge >= 0.3 is 5.97 Å². The molecule has 1 aromatic carbocycles. The minimum atomic E-state index is -0.484. The molecule has 0 atom stereocenters. The fourth-order valence-corrected chi connectivity index (χ4v) is 2.42. The summed E-state index contributed by atoms with van der Waals surface area (Å²) in [6, 6.07) is 7.29. The predicted molar refractivity (Wildman–Crippen MR) is 78.3 cm³/mol. The third-order valence-corrected chi connectivity index (χ3v) is 3.37. The van der Waals surface area contributed by atoms with E-state index in [9.17, 15) is 9.59 Å². The Bertz CT molecular complexity index is 822. The van der Waals surface area contributed by atoms with E-state index >= 15 is 0 Å². The molecule has 0 spiro atoms. The number of fused-ring (bicyclic) bond motifs is 1. The summed E-state index contributed by atoms with van der Waals surface area (Å²) >= 11 is 0. The van der Waals surface area contributed by atoms with Gasteiger partial charge in [-0.25, -0.2) is 4.79 Å². The number of H-pyrrole nitrogens is 1. The van der Waals surface area contributed by atoms with E-state index in [1.807, 2.05) is 18.2 Å². The first-order valence-corrected chi connectivity index (χ1v) is 6.34. The van der Waals surface area contributed by atoms with Gasteiger partial charge < -0.3 is 9.72 Å². The minimum Gasteiger partial charge on any atom is -0.465 e. The van der Waals surface area contributed by atoms with Crippen LogP contribution in [0, 0.1) is 0 Å². The topological polar surface area (TPSA) is 72.0 Å². The van der Waals surface area contributed by atoms with Gasteiger partial charge in [-0.05, 0) is 17.7 Å². The molecular weight excluding hydrogens is 268 g/mol. The second kappa shape index (κ2) is 5.20. The fourth-order valence-electron chi connectivity index (χ4n) is 2.42. The van der Waals surface area contributed by atoms with Crippen LogP contribution in [0.5, 0.6) is 0 Å². The molecule has 0 fully saturated rings. The van der Waals surface area contributed by atoms with Crippen LogP contribution < -0.4 is 0 Å². The van der Waals surface area contributed by atoms with Crippen molar-refractivity contribution in [3.8, 4) is 11.1 Å². The van der Waals surface area contributed by atoms with Crippen molar-refractivity contribution in [1.82, 2.24) is 9.97 Å². The number of nitrogens with one attached hydrogen (secondary N) is 1. The van der Waals surface area contributed by atoms with E-state index in [1.165, 1.54) is 7.11 Å². The summed E-state index contributed by atoms with van der Waals surface area (Å²) in [5.74, 6) is -0.484. The lowest BCUT2D eigenvalue weighted by Crippen LogP contribution is -2.05. The summed E-state index contributed by atoms with van der Waals surface area (Å²) in [7, 11) is 1.32. The highest BCUT2D eigenvalue weighted by molar-refractivity contribution is 6.14. The minimum absolute atomic E-state index is 0.367. The monoisotopic (exact) mass is 280 g/mol. The maximum absolute atomic E-state index is 12.2. The van der Waals surface area contributed by atoms with E-state index in [0.29, 0.717) is 27.6 Å². The van der Waals surface area contributed by atoms with E-state index in [-0.39, 0.29) is 0 Å². The number of esters is 1. The molecule has 0 radical (unpaired) electrons. The smallest absolute Gasteiger partial charge is 0.339 e. The molecule has 5 heteroatoms. The molecule has 0 aliphatic rings. The number of pyridine rings is 1.